The molecule has 2 aliphatic carbocycles. The molecule has 4 aliphatic rings. The van der Waals surface area contributed by atoms with E-state index < -0.39 is 63.6 Å². The molecule has 12 nitrogen and oxygen atoms in total. The monoisotopic (exact) mass is 752 g/mol. The van der Waals surface area contributed by atoms with Crippen molar-refractivity contribution in [3.05, 3.63) is 134 Å². The van der Waals surface area contributed by atoms with Gasteiger partial charge in [0.05, 0.1) is 51.6 Å². The predicted octanol–water partition coefficient (Wildman–Crippen LogP) is 6.81. The average Bonchev–Trinajstić information content (AvgIpc) is 3.53. The quantitative estimate of drug-likeness (QED) is 0.0896. The zero-order valence-electron chi connectivity index (χ0n) is 27.9. The SMILES string of the molecule is COc1ccc(C23C(=O)N(Nc4ccc(Cl)cc4Cl)C(=O)C2CC2C(=CCC4C(=O)N(c5cccc([N+](=O)[O-])c5)C(=O)C42)C3c2ccc(O)cc2)cc1. The van der Waals surface area contributed by atoms with Crippen LogP contribution in [0.4, 0.5) is 17.1 Å². The molecule has 4 aromatic carbocycles. The first kappa shape index (κ1) is 34.4. The van der Waals surface area contributed by atoms with Crippen LogP contribution in [-0.2, 0) is 24.6 Å². The molecule has 4 amide bonds. The topological polar surface area (TPSA) is 159 Å². The Morgan fingerprint density at radius 3 is 2.32 bits per heavy atom. The molecule has 4 aromatic rings. The number of nitrogens with zero attached hydrogens (tertiary/aromatic N) is 3. The third-order valence-electron chi connectivity index (χ3n) is 11.1. The molecule has 0 aromatic heterocycles. The van der Waals surface area contributed by atoms with Gasteiger partial charge in [-0.3, -0.25) is 34.7 Å². The lowest BCUT2D eigenvalue weighted by Gasteiger charge is -2.50. The number of hydrazine groups is 1. The number of aromatic hydroxyl groups is 1. The normalized spacial score (nSPS) is 26.2. The van der Waals surface area contributed by atoms with Gasteiger partial charge in [0.15, 0.2) is 0 Å². The largest absolute Gasteiger partial charge is 0.508 e. The number of amides is 4. The number of hydrogen-bond acceptors (Lipinski definition) is 9. The molecule has 0 spiro atoms. The summed E-state index contributed by atoms with van der Waals surface area (Å²) in [6.07, 6.45) is 2.10. The zero-order valence-corrected chi connectivity index (χ0v) is 29.5. The Labute approximate surface area is 312 Å². The summed E-state index contributed by atoms with van der Waals surface area (Å²) in [6.45, 7) is 0. The van der Waals surface area contributed by atoms with Gasteiger partial charge in [-0.1, -0.05) is 65.2 Å². The van der Waals surface area contributed by atoms with E-state index in [1.54, 1.807) is 48.5 Å². The summed E-state index contributed by atoms with van der Waals surface area (Å²) >= 11 is 12.7. The average molecular weight is 754 g/mol. The van der Waals surface area contributed by atoms with E-state index in [9.17, 15) is 29.6 Å². The fourth-order valence-corrected chi connectivity index (χ4v) is 9.34. The summed E-state index contributed by atoms with van der Waals surface area (Å²) in [5, 5.41) is 23.4. The van der Waals surface area contributed by atoms with Gasteiger partial charge in [0.2, 0.25) is 11.8 Å². The molecule has 2 aliphatic heterocycles. The Hall–Kier alpha value is -5.72. The van der Waals surface area contributed by atoms with Crippen molar-refractivity contribution in [2.75, 3.05) is 17.4 Å². The lowest BCUT2D eigenvalue weighted by atomic mass is 9.49. The molecule has 1 saturated carbocycles. The highest BCUT2D eigenvalue weighted by Gasteiger charge is 2.70. The van der Waals surface area contributed by atoms with E-state index in [1.165, 1.54) is 49.6 Å². The van der Waals surface area contributed by atoms with Gasteiger partial charge >= 0.3 is 0 Å². The minimum atomic E-state index is -1.56. The van der Waals surface area contributed by atoms with Crippen LogP contribution in [-0.4, -0.2) is 45.8 Å². The summed E-state index contributed by atoms with van der Waals surface area (Å²) in [7, 11) is 1.52. The smallest absolute Gasteiger partial charge is 0.271 e. The predicted molar refractivity (Wildman–Crippen MR) is 194 cm³/mol. The second-order valence-corrected chi connectivity index (χ2v) is 14.4. The third-order valence-corrected chi connectivity index (χ3v) is 11.7. The summed E-state index contributed by atoms with van der Waals surface area (Å²) in [4.78, 5) is 70.6. The second kappa shape index (κ2) is 12.7. The number of phenols is 1. The van der Waals surface area contributed by atoms with E-state index in [1.807, 2.05) is 6.08 Å². The van der Waals surface area contributed by atoms with Crippen LogP contribution in [0.5, 0.6) is 11.5 Å². The molecule has 0 radical (unpaired) electrons. The number of rotatable bonds is 7. The maximum atomic E-state index is 15.3. The van der Waals surface area contributed by atoms with E-state index in [0.717, 1.165) is 9.91 Å². The molecule has 6 atom stereocenters. The van der Waals surface area contributed by atoms with E-state index in [4.69, 9.17) is 27.9 Å². The Kier molecular flexibility index (Phi) is 8.27. The number of anilines is 2. The van der Waals surface area contributed by atoms with E-state index in [2.05, 4.69) is 5.43 Å². The van der Waals surface area contributed by atoms with Gasteiger partial charge in [-0.05, 0) is 78.4 Å². The summed E-state index contributed by atoms with van der Waals surface area (Å²) in [5.41, 5.74) is 3.32. The zero-order chi connectivity index (χ0) is 37.3. The van der Waals surface area contributed by atoms with Crippen LogP contribution < -0.4 is 15.1 Å². The highest BCUT2D eigenvalue weighted by Crippen LogP contribution is 2.64. The first-order valence-electron chi connectivity index (χ1n) is 16.8. The standard InChI is InChI=1S/C39H30Cl2N4O8/c1-53-26-12-7-21(8-13-26)39-30(36(48)44(38(39)50)42-32-16-9-22(40)17-31(32)41)19-29-27(34(39)20-5-10-25(46)11-6-20)14-15-28-33(29)37(49)43(35(28)47)23-3-2-4-24(18-23)45(51)52/h2-14,16-18,28-30,33-34,42,46H,15,19H2,1H3. The van der Waals surface area contributed by atoms with Crippen LogP contribution in [0.3, 0.4) is 0 Å². The first-order chi connectivity index (χ1) is 25.4. The van der Waals surface area contributed by atoms with Crippen molar-refractivity contribution in [2.24, 2.45) is 23.7 Å². The molecule has 268 valence electrons. The molecule has 14 heteroatoms. The fourth-order valence-electron chi connectivity index (χ4n) is 8.89. The van der Waals surface area contributed by atoms with Crippen LogP contribution in [0.2, 0.25) is 10.0 Å². The van der Waals surface area contributed by atoms with Crippen LogP contribution in [0.1, 0.15) is 29.9 Å². The Bertz CT molecular complexity index is 2260. The van der Waals surface area contributed by atoms with E-state index in [0.29, 0.717) is 27.5 Å². The number of carbonyl (C=O) groups is 4. The second-order valence-electron chi connectivity index (χ2n) is 13.6. The van der Waals surface area contributed by atoms with Gasteiger partial charge in [-0.25, -0.2) is 4.90 Å². The van der Waals surface area contributed by atoms with Crippen molar-refractivity contribution in [3.63, 3.8) is 0 Å². The molecule has 2 saturated heterocycles. The van der Waals surface area contributed by atoms with Crippen molar-refractivity contribution >= 4 is 63.9 Å². The van der Waals surface area contributed by atoms with E-state index in [-0.39, 0.29) is 40.7 Å². The van der Waals surface area contributed by atoms with Crippen LogP contribution >= 0.6 is 23.2 Å². The van der Waals surface area contributed by atoms with Gasteiger partial charge in [0.1, 0.15) is 11.5 Å². The van der Waals surface area contributed by atoms with Gasteiger partial charge in [0, 0.05) is 23.1 Å². The number of nitro groups is 1. The number of ether oxygens (including phenoxy) is 1. The third kappa shape index (κ3) is 5.19. The lowest BCUT2D eigenvalue weighted by molar-refractivity contribution is -0.384. The minimum Gasteiger partial charge on any atom is -0.508 e. The van der Waals surface area contributed by atoms with Crippen molar-refractivity contribution in [1.29, 1.82) is 0 Å². The molecule has 53 heavy (non-hydrogen) atoms. The van der Waals surface area contributed by atoms with Crippen molar-refractivity contribution in [3.8, 4) is 11.5 Å². The van der Waals surface area contributed by atoms with Crippen molar-refractivity contribution < 1.29 is 33.9 Å². The number of carbonyl (C=O) groups excluding carboxylic acids is 4. The Balaban J connectivity index is 1.31. The summed E-state index contributed by atoms with van der Waals surface area (Å²) < 4.78 is 5.43. The lowest BCUT2D eigenvalue weighted by Crippen LogP contribution is -2.53. The molecule has 3 fully saturated rings. The fraction of sp³-hybridized carbons (Fsp3) is 0.231. The van der Waals surface area contributed by atoms with Gasteiger partial charge < -0.3 is 9.84 Å². The number of fused-ring (bicyclic) bond motifs is 4. The number of benzene rings is 4. The number of hydrogen-bond donors (Lipinski definition) is 2. The van der Waals surface area contributed by atoms with Crippen LogP contribution in [0, 0.1) is 33.8 Å². The molecule has 2 N–H and O–H groups in total. The number of nitro benzene ring substituents is 1. The molecule has 2 heterocycles. The number of non-ortho nitro benzene ring substituents is 1. The number of phenolic OH excluding ortho intramolecular Hbond substituents is 1. The Morgan fingerprint density at radius 1 is 0.906 bits per heavy atom. The molecule has 8 rings (SSSR count). The maximum absolute atomic E-state index is 15.3. The number of imide groups is 2. The molecule has 0 bridgehead atoms. The summed E-state index contributed by atoms with van der Waals surface area (Å²) in [5.74, 6) is -5.86. The number of nitrogens with one attached hydrogen (secondary N) is 1. The summed E-state index contributed by atoms with van der Waals surface area (Å²) in [6, 6.07) is 23.3. The highest BCUT2D eigenvalue weighted by atomic mass is 35.5. The molecule has 6 unspecified atom stereocenters. The highest BCUT2D eigenvalue weighted by molar-refractivity contribution is 6.36. The minimum absolute atomic E-state index is 0.00694. The van der Waals surface area contributed by atoms with Gasteiger partial charge in [-0.2, -0.15) is 5.01 Å². The molecular formula is C39H30Cl2N4O8. The van der Waals surface area contributed by atoms with Crippen LogP contribution in [0.15, 0.2) is 103 Å². The van der Waals surface area contributed by atoms with Gasteiger partial charge in [0.25, 0.3) is 17.5 Å². The maximum Gasteiger partial charge on any atom is 0.271 e. The molecular weight excluding hydrogens is 723 g/mol. The van der Waals surface area contributed by atoms with Crippen LogP contribution in [0.25, 0.3) is 0 Å². The first-order valence-corrected chi connectivity index (χ1v) is 17.6. The number of allylic oxidation sites excluding steroid dienone is 2. The Morgan fingerprint density at radius 2 is 1.64 bits per heavy atom. The number of methoxy groups -OCH3 is 1. The van der Waals surface area contributed by atoms with Gasteiger partial charge in [-0.15, -0.1) is 0 Å². The van der Waals surface area contributed by atoms with E-state index >= 15 is 4.79 Å². The van der Waals surface area contributed by atoms with Crippen molar-refractivity contribution in [2.45, 2.75) is 24.2 Å². The van der Waals surface area contributed by atoms with Crippen molar-refractivity contribution in [1.82, 2.24) is 5.01 Å². The number of halogens is 2.